The van der Waals surface area contributed by atoms with E-state index in [-0.39, 0.29) is 12.1 Å². The van der Waals surface area contributed by atoms with Crippen molar-refractivity contribution >= 4 is 0 Å². The quantitative estimate of drug-likeness (QED) is 0.842. The van der Waals surface area contributed by atoms with Crippen LogP contribution in [0.1, 0.15) is 50.4 Å². The summed E-state index contributed by atoms with van der Waals surface area (Å²) < 4.78 is 10.7. The van der Waals surface area contributed by atoms with Gasteiger partial charge >= 0.3 is 0 Å². The highest BCUT2D eigenvalue weighted by molar-refractivity contribution is 4.93. The van der Waals surface area contributed by atoms with Crippen molar-refractivity contribution in [1.29, 1.82) is 0 Å². The van der Waals surface area contributed by atoms with E-state index in [9.17, 15) is 0 Å². The first-order valence-electron chi connectivity index (χ1n) is 5.99. The van der Waals surface area contributed by atoms with Gasteiger partial charge in [0.15, 0.2) is 5.82 Å². The first kappa shape index (κ1) is 11.5. The van der Waals surface area contributed by atoms with Gasteiger partial charge in [0.2, 0.25) is 5.89 Å². The molecule has 2 heterocycles. The summed E-state index contributed by atoms with van der Waals surface area (Å²) in [5.41, 5.74) is 5.81. The molecule has 2 N–H and O–H groups in total. The van der Waals surface area contributed by atoms with Gasteiger partial charge in [-0.15, -0.1) is 0 Å². The summed E-state index contributed by atoms with van der Waals surface area (Å²) >= 11 is 0. The minimum absolute atomic E-state index is 0.145. The largest absolute Gasteiger partial charge is 0.378 e. The second-order valence-electron chi connectivity index (χ2n) is 4.26. The molecular formula is C11H19N3O2. The lowest BCUT2D eigenvalue weighted by Gasteiger charge is -2.20. The number of nitrogens with two attached hydrogens (primary N) is 1. The molecular weight excluding hydrogens is 206 g/mol. The predicted molar refractivity (Wildman–Crippen MR) is 58.8 cm³/mol. The first-order valence-corrected chi connectivity index (χ1v) is 5.99. The molecule has 2 rings (SSSR count). The van der Waals surface area contributed by atoms with E-state index >= 15 is 0 Å². The lowest BCUT2D eigenvalue weighted by Crippen LogP contribution is -2.22. The Morgan fingerprint density at radius 2 is 2.38 bits per heavy atom. The van der Waals surface area contributed by atoms with Gasteiger partial charge < -0.3 is 15.0 Å². The Morgan fingerprint density at radius 1 is 1.50 bits per heavy atom. The lowest BCUT2D eigenvalue weighted by molar-refractivity contribution is 0.0153. The molecule has 5 nitrogen and oxygen atoms in total. The normalized spacial score (nSPS) is 23.2. The van der Waals surface area contributed by atoms with Crippen LogP contribution in [0.2, 0.25) is 0 Å². The summed E-state index contributed by atoms with van der Waals surface area (Å²) in [6.07, 6.45) is 5.26. The van der Waals surface area contributed by atoms with Crippen LogP contribution in [0.4, 0.5) is 0 Å². The predicted octanol–water partition coefficient (Wildman–Crippen LogP) is 1.59. The third kappa shape index (κ3) is 2.80. The molecule has 16 heavy (non-hydrogen) atoms. The van der Waals surface area contributed by atoms with Crippen LogP contribution in [-0.4, -0.2) is 22.9 Å². The van der Waals surface area contributed by atoms with Crippen LogP contribution in [0.25, 0.3) is 0 Å². The van der Waals surface area contributed by atoms with Crippen LogP contribution in [-0.2, 0) is 11.2 Å². The summed E-state index contributed by atoms with van der Waals surface area (Å²) in [4.78, 5) is 4.29. The van der Waals surface area contributed by atoms with Gasteiger partial charge in [0.05, 0.1) is 12.1 Å². The van der Waals surface area contributed by atoms with Crippen LogP contribution in [0.15, 0.2) is 4.52 Å². The molecule has 1 aliphatic heterocycles. The van der Waals surface area contributed by atoms with E-state index in [0.29, 0.717) is 11.7 Å². The van der Waals surface area contributed by atoms with E-state index in [1.807, 2.05) is 6.92 Å². The number of ether oxygens (including phenoxy) is 1. The van der Waals surface area contributed by atoms with Gasteiger partial charge in [0.1, 0.15) is 0 Å². The van der Waals surface area contributed by atoms with E-state index in [1.54, 1.807) is 0 Å². The molecule has 90 valence electrons. The van der Waals surface area contributed by atoms with Crippen molar-refractivity contribution in [2.75, 3.05) is 6.61 Å². The van der Waals surface area contributed by atoms with Crippen molar-refractivity contribution in [2.45, 2.75) is 51.2 Å². The van der Waals surface area contributed by atoms with Gasteiger partial charge in [-0.3, -0.25) is 0 Å². The fourth-order valence-electron chi connectivity index (χ4n) is 1.85. The summed E-state index contributed by atoms with van der Waals surface area (Å²) in [7, 11) is 0. The zero-order valence-electron chi connectivity index (χ0n) is 9.69. The molecule has 0 spiro atoms. The standard InChI is InChI=1S/C11H19N3O2/c1-2-9(12)11-13-10(14-16-11)7-8-5-3-4-6-15-8/h8-9H,2-7,12H2,1H3. The minimum atomic E-state index is -0.145. The Bertz CT molecular complexity index is 321. The second kappa shape index (κ2) is 5.41. The Labute approximate surface area is 95.3 Å². The van der Waals surface area contributed by atoms with Crippen LogP contribution >= 0.6 is 0 Å². The van der Waals surface area contributed by atoms with Gasteiger partial charge in [0.25, 0.3) is 0 Å². The Balaban J connectivity index is 1.91. The van der Waals surface area contributed by atoms with Crippen LogP contribution in [0.5, 0.6) is 0 Å². The third-order valence-corrected chi connectivity index (χ3v) is 2.93. The SMILES string of the molecule is CCC(N)c1nc(CC2CCCCO2)no1. The van der Waals surface area contributed by atoms with Crippen molar-refractivity contribution in [1.82, 2.24) is 10.1 Å². The Hall–Kier alpha value is -0.940. The maximum Gasteiger partial charge on any atom is 0.243 e. The summed E-state index contributed by atoms with van der Waals surface area (Å²) in [6.45, 7) is 2.85. The van der Waals surface area contributed by atoms with Crippen LogP contribution < -0.4 is 5.73 Å². The fourth-order valence-corrected chi connectivity index (χ4v) is 1.85. The third-order valence-electron chi connectivity index (χ3n) is 2.93. The summed E-state index contributed by atoms with van der Waals surface area (Å²) in [5, 5.41) is 3.93. The van der Waals surface area contributed by atoms with Crippen molar-refractivity contribution < 1.29 is 9.26 Å². The molecule has 0 aliphatic carbocycles. The lowest BCUT2D eigenvalue weighted by atomic mass is 10.1. The van der Waals surface area contributed by atoms with Gasteiger partial charge in [-0.25, -0.2) is 0 Å². The number of aromatic nitrogens is 2. The van der Waals surface area contributed by atoms with E-state index in [1.165, 1.54) is 6.42 Å². The van der Waals surface area contributed by atoms with Gasteiger partial charge in [-0.1, -0.05) is 12.1 Å². The maximum absolute atomic E-state index is 5.81. The summed E-state index contributed by atoms with van der Waals surface area (Å²) in [6, 6.07) is -0.145. The average Bonchev–Trinajstić information content (AvgIpc) is 2.78. The monoisotopic (exact) mass is 225 g/mol. The molecule has 0 saturated carbocycles. The van der Waals surface area contributed by atoms with E-state index in [4.69, 9.17) is 15.0 Å². The molecule has 0 amide bonds. The molecule has 1 saturated heterocycles. The van der Waals surface area contributed by atoms with E-state index in [2.05, 4.69) is 10.1 Å². The fraction of sp³-hybridized carbons (Fsp3) is 0.818. The van der Waals surface area contributed by atoms with E-state index in [0.717, 1.165) is 32.3 Å². The van der Waals surface area contributed by atoms with Crippen molar-refractivity contribution in [3.63, 3.8) is 0 Å². The molecule has 2 unspecified atom stereocenters. The van der Waals surface area contributed by atoms with Crippen molar-refractivity contribution in [3.05, 3.63) is 11.7 Å². The van der Waals surface area contributed by atoms with Crippen molar-refractivity contribution in [3.8, 4) is 0 Å². The number of hydrogen-bond acceptors (Lipinski definition) is 5. The molecule has 0 bridgehead atoms. The molecule has 0 radical (unpaired) electrons. The molecule has 5 heteroatoms. The van der Waals surface area contributed by atoms with Crippen LogP contribution in [0.3, 0.4) is 0 Å². The topological polar surface area (TPSA) is 74.2 Å². The molecule has 2 atom stereocenters. The first-order chi connectivity index (χ1) is 7.79. The number of nitrogens with zero attached hydrogens (tertiary/aromatic N) is 2. The van der Waals surface area contributed by atoms with Gasteiger partial charge in [-0.05, 0) is 25.7 Å². The number of rotatable bonds is 4. The zero-order chi connectivity index (χ0) is 11.4. The molecule has 1 aromatic heterocycles. The van der Waals surface area contributed by atoms with Crippen molar-refractivity contribution in [2.24, 2.45) is 5.73 Å². The highest BCUT2D eigenvalue weighted by Crippen LogP contribution is 2.17. The highest BCUT2D eigenvalue weighted by atomic mass is 16.5. The zero-order valence-corrected chi connectivity index (χ0v) is 9.69. The second-order valence-corrected chi connectivity index (χ2v) is 4.26. The van der Waals surface area contributed by atoms with E-state index < -0.39 is 0 Å². The van der Waals surface area contributed by atoms with Crippen LogP contribution in [0, 0.1) is 0 Å². The highest BCUT2D eigenvalue weighted by Gasteiger charge is 2.19. The Morgan fingerprint density at radius 3 is 3.06 bits per heavy atom. The molecule has 1 aromatic rings. The number of hydrogen-bond donors (Lipinski definition) is 1. The maximum atomic E-state index is 5.81. The molecule has 0 aromatic carbocycles. The smallest absolute Gasteiger partial charge is 0.243 e. The average molecular weight is 225 g/mol. The van der Waals surface area contributed by atoms with Gasteiger partial charge in [0, 0.05) is 13.0 Å². The Kier molecular flexibility index (Phi) is 3.90. The molecule has 1 fully saturated rings. The summed E-state index contributed by atoms with van der Waals surface area (Å²) in [5.74, 6) is 1.25. The minimum Gasteiger partial charge on any atom is -0.378 e. The molecule has 1 aliphatic rings. The van der Waals surface area contributed by atoms with Gasteiger partial charge in [-0.2, -0.15) is 4.98 Å².